The number of ketones is 1. The van der Waals surface area contributed by atoms with Crippen LogP contribution in [0.1, 0.15) is 92.1 Å². The lowest BCUT2D eigenvalue weighted by molar-refractivity contribution is -0.183. The van der Waals surface area contributed by atoms with E-state index >= 15 is 0 Å². The SMILES string of the molecule is CC1=C(O)C(=O)C=C2C1=CC=C1[C@@]2(C)CC[C@@]2(C)[C@@H]3C[C@](C)(C(=O)OCCOC(=O)/C=C(\C#N)c4ccc(F)cc4)CC[C@]3(C)CC[C@]12C. The first-order valence-corrected chi connectivity index (χ1v) is 17.3. The first-order chi connectivity index (χ1) is 23.0. The highest BCUT2D eigenvalue weighted by molar-refractivity contribution is 6.06. The van der Waals surface area contributed by atoms with Gasteiger partial charge in [0.2, 0.25) is 5.78 Å². The Bertz CT molecular complexity index is 1830. The molecule has 0 aromatic heterocycles. The first-order valence-electron chi connectivity index (χ1n) is 17.3. The van der Waals surface area contributed by atoms with E-state index in [2.05, 4.69) is 39.8 Å². The molecule has 1 N–H and O–H groups in total. The monoisotopic (exact) mass is 667 g/mol. The van der Waals surface area contributed by atoms with Gasteiger partial charge in [-0.05, 0) is 116 Å². The van der Waals surface area contributed by atoms with Gasteiger partial charge in [0.15, 0.2) is 5.76 Å². The summed E-state index contributed by atoms with van der Waals surface area (Å²) in [5.74, 6) is -1.73. The fourth-order valence-corrected chi connectivity index (χ4v) is 10.1. The Morgan fingerprint density at radius 1 is 0.980 bits per heavy atom. The molecule has 0 aliphatic heterocycles. The van der Waals surface area contributed by atoms with Gasteiger partial charge >= 0.3 is 11.9 Å². The van der Waals surface area contributed by atoms with Gasteiger partial charge in [-0.25, -0.2) is 9.18 Å². The third-order valence-corrected chi connectivity index (χ3v) is 13.5. The van der Waals surface area contributed by atoms with E-state index in [0.717, 1.165) is 49.3 Å². The van der Waals surface area contributed by atoms with Crippen LogP contribution in [0.3, 0.4) is 0 Å². The number of carbonyl (C=O) groups excluding carboxylic acids is 3. The van der Waals surface area contributed by atoms with E-state index < -0.39 is 17.2 Å². The molecule has 1 aromatic carbocycles. The van der Waals surface area contributed by atoms with Crippen molar-refractivity contribution in [2.75, 3.05) is 13.2 Å². The van der Waals surface area contributed by atoms with Crippen molar-refractivity contribution >= 4 is 23.3 Å². The number of rotatable bonds is 6. The van der Waals surface area contributed by atoms with Gasteiger partial charge in [0.25, 0.3) is 0 Å². The van der Waals surface area contributed by atoms with Crippen LogP contribution >= 0.6 is 0 Å². The van der Waals surface area contributed by atoms with Crippen LogP contribution in [-0.4, -0.2) is 36.0 Å². The zero-order chi connectivity index (χ0) is 35.6. The predicted molar refractivity (Wildman–Crippen MR) is 183 cm³/mol. The summed E-state index contributed by atoms with van der Waals surface area (Å²) in [4.78, 5) is 38.9. The molecule has 0 saturated heterocycles. The molecule has 0 unspecified atom stereocenters. The second-order valence-electron chi connectivity index (χ2n) is 16.1. The number of ether oxygens (including phenoxy) is 2. The van der Waals surface area contributed by atoms with E-state index in [4.69, 9.17) is 9.47 Å². The number of hydrogen-bond acceptors (Lipinski definition) is 7. The van der Waals surface area contributed by atoms with Gasteiger partial charge in [0.1, 0.15) is 25.1 Å². The minimum absolute atomic E-state index is 0.0476. The summed E-state index contributed by atoms with van der Waals surface area (Å²) < 4.78 is 24.2. The van der Waals surface area contributed by atoms with Crippen molar-refractivity contribution in [2.45, 2.75) is 86.5 Å². The van der Waals surface area contributed by atoms with Crippen LogP contribution in [0.5, 0.6) is 0 Å². The molecule has 8 heteroatoms. The summed E-state index contributed by atoms with van der Waals surface area (Å²) in [6, 6.07) is 7.18. The number of esters is 2. The van der Waals surface area contributed by atoms with E-state index in [9.17, 15) is 29.1 Å². The summed E-state index contributed by atoms with van der Waals surface area (Å²) in [6.45, 7) is 13.0. The number of aliphatic hydroxyl groups excluding tert-OH is 1. The van der Waals surface area contributed by atoms with Gasteiger partial charge in [0.05, 0.1) is 11.0 Å². The minimum Gasteiger partial charge on any atom is -0.504 e. The Hall–Kier alpha value is -4.25. The number of aliphatic hydroxyl groups is 1. The van der Waals surface area contributed by atoms with Crippen LogP contribution in [0.2, 0.25) is 0 Å². The fourth-order valence-electron chi connectivity index (χ4n) is 10.1. The minimum atomic E-state index is -0.745. The molecule has 5 aliphatic carbocycles. The van der Waals surface area contributed by atoms with E-state index in [1.807, 2.05) is 19.9 Å². The number of nitriles is 1. The zero-order valence-electron chi connectivity index (χ0n) is 29.4. The van der Waals surface area contributed by atoms with E-state index in [-0.39, 0.29) is 63.9 Å². The number of benzene rings is 1. The van der Waals surface area contributed by atoms with Crippen LogP contribution in [0.4, 0.5) is 4.39 Å². The maximum atomic E-state index is 13.7. The smallest absolute Gasteiger partial charge is 0.332 e. The molecule has 0 spiro atoms. The molecular weight excluding hydrogens is 621 g/mol. The Morgan fingerprint density at radius 3 is 2.35 bits per heavy atom. The number of carbonyl (C=O) groups is 3. The topological polar surface area (TPSA) is 114 Å². The average molecular weight is 668 g/mol. The van der Waals surface area contributed by atoms with Gasteiger partial charge < -0.3 is 14.6 Å². The quantitative estimate of drug-likeness (QED) is 0.140. The summed E-state index contributed by atoms with van der Waals surface area (Å²) in [5, 5.41) is 19.9. The number of fused-ring (bicyclic) bond motifs is 7. The predicted octanol–water partition coefficient (Wildman–Crippen LogP) is 8.45. The molecule has 6 rings (SSSR count). The molecule has 0 bridgehead atoms. The van der Waals surface area contributed by atoms with Crippen LogP contribution in [-0.2, 0) is 23.9 Å². The Kier molecular flexibility index (Phi) is 8.45. The Labute approximate surface area is 288 Å². The van der Waals surface area contributed by atoms with Gasteiger partial charge in [-0.1, -0.05) is 57.6 Å². The second-order valence-corrected chi connectivity index (χ2v) is 16.1. The fraction of sp³-hybridized carbons (Fsp3) is 0.512. The summed E-state index contributed by atoms with van der Waals surface area (Å²) in [6.07, 6.45) is 13.3. The molecule has 3 fully saturated rings. The maximum absolute atomic E-state index is 13.7. The van der Waals surface area contributed by atoms with Crippen molar-refractivity contribution in [2.24, 2.45) is 33.0 Å². The van der Waals surface area contributed by atoms with Crippen LogP contribution in [0, 0.1) is 50.1 Å². The molecule has 7 nitrogen and oxygen atoms in total. The first kappa shape index (κ1) is 34.6. The third-order valence-electron chi connectivity index (χ3n) is 13.5. The highest BCUT2D eigenvalue weighted by Crippen LogP contribution is 2.75. The third kappa shape index (κ3) is 5.41. The molecule has 0 amide bonds. The van der Waals surface area contributed by atoms with Crippen LogP contribution in [0.15, 0.2) is 76.6 Å². The van der Waals surface area contributed by atoms with E-state index in [1.165, 1.54) is 29.8 Å². The van der Waals surface area contributed by atoms with Crippen molar-refractivity contribution in [3.05, 3.63) is 88.0 Å². The van der Waals surface area contributed by atoms with E-state index in [0.29, 0.717) is 24.0 Å². The molecular formula is C41H46FNO6. The Balaban J connectivity index is 1.16. The second kappa shape index (κ2) is 12.0. The highest BCUT2D eigenvalue weighted by atomic mass is 19.1. The molecule has 49 heavy (non-hydrogen) atoms. The van der Waals surface area contributed by atoms with Gasteiger partial charge in [-0.2, -0.15) is 5.26 Å². The molecule has 0 radical (unpaired) electrons. The molecule has 3 saturated carbocycles. The number of halogens is 1. The highest BCUT2D eigenvalue weighted by Gasteiger charge is 2.67. The van der Waals surface area contributed by atoms with Gasteiger partial charge in [-0.15, -0.1) is 0 Å². The van der Waals surface area contributed by atoms with Crippen molar-refractivity contribution < 1.29 is 33.4 Å². The van der Waals surface area contributed by atoms with Crippen LogP contribution in [0.25, 0.3) is 5.57 Å². The lowest BCUT2D eigenvalue weighted by Crippen LogP contribution is -2.62. The standard InChI is InChI=1S/C41H46FNO6/c1-25-29-11-12-32-39(4,30(29)22-31(44)35(25)46)16-18-41(6)33-23-38(3,14-13-37(33,2)15-17-40(32,41)5)36(47)49-20-19-48-34(45)21-27(24-43)26-7-9-28(42)10-8-26/h7-12,21-22,33,46H,13-20,23H2,1-6H3/b27-21+/t33-,37-,38-,39+,40-,41+/m1/s1. The summed E-state index contributed by atoms with van der Waals surface area (Å²) >= 11 is 0. The van der Waals surface area contributed by atoms with Crippen LogP contribution < -0.4 is 0 Å². The molecule has 258 valence electrons. The summed E-state index contributed by atoms with van der Waals surface area (Å²) in [5.41, 5.74) is 3.19. The number of nitrogens with zero attached hydrogens (tertiary/aromatic N) is 1. The molecule has 0 heterocycles. The van der Waals surface area contributed by atoms with Crippen molar-refractivity contribution in [1.82, 2.24) is 0 Å². The van der Waals surface area contributed by atoms with Crippen molar-refractivity contribution in [3.63, 3.8) is 0 Å². The normalized spacial score (nSPS) is 35.3. The van der Waals surface area contributed by atoms with Gasteiger partial charge in [0, 0.05) is 17.1 Å². The number of allylic oxidation sites excluding steroid dienone is 8. The lowest BCUT2D eigenvalue weighted by Gasteiger charge is -2.70. The largest absolute Gasteiger partial charge is 0.504 e. The van der Waals surface area contributed by atoms with Crippen molar-refractivity contribution in [1.29, 1.82) is 5.26 Å². The van der Waals surface area contributed by atoms with Gasteiger partial charge in [-0.3, -0.25) is 9.59 Å². The maximum Gasteiger partial charge on any atom is 0.332 e. The molecule has 1 aromatic rings. The average Bonchev–Trinajstić information content (AvgIpc) is 3.07. The lowest BCUT2D eigenvalue weighted by atomic mass is 9.34. The summed E-state index contributed by atoms with van der Waals surface area (Å²) in [7, 11) is 0. The van der Waals surface area contributed by atoms with Crippen molar-refractivity contribution in [3.8, 4) is 6.07 Å². The van der Waals surface area contributed by atoms with E-state index in [1.54, 1.807) is 6.08 Å². The zero-order valence-corrected chi connectivity index (χ0v) is 29.4. The Morgan fingerprint density at radius 2 is 1.65 bits per heavy atom. The molecule has 6 atom stereocenters. The number of hydrogen-bond donors (Lipinski definition) is 1. The molecule has 5 aliphatic rings.